The van der Waals surface area contributed by atoms with Crippen LogP contribution in [0.4, 0.5) is 0 Å². The van der Waals surface area contributed by atoms with Crippen molar-refractivity contribution >= 4 is 27.4 Å². The van der Waals surface area contributed by atoms with E-state index in [4.69, 9.17) is 17.0 Å². The first-order chi connectivity index (χ1) is 12.5. The molecular weight excluding hydrogens is 370 g/mol. The van der Waals surface area contributed by atoms with Crippen LogP contribution in [0.5, 0.6) is 0 Å². The van der Waals surface area contributed by atoms with Crippen LogP contribution in [0.2, 0.25) is 0 Å². The van der Waals surface area contributed by atoms with E-state index in [2.05, 4.69) is 12.2 Å². The van der Waals surface area contributed by atoms with E-state index >= 15 is 0 Å². The SMILES string of the molecule is CCc1ccc(S(=O)(=O)N2CCN(C(=S)NC[C@H]3CCCO3)CC2)cc1. The largest absolute Gasteiger partial charge is 0.376 e. The summed E-state index contributed by atoms with van der Waals surface area (Å²) in [6, 6.07) is 7.17. The van der Waals surface area contributed by atoms with Gasteiger partial charge in [-0.3, -0.25) is 0 Å². The van der Waals surface area contributed by atoms with Gasteiger partial charge in [-0.25, -0.2) is 8.42 Å². The molecule has 144 valence electrons. The average Bonchev–Trinajstić information content (AvgIpc) is 3.20. The minimum absolute atomic E-state index is 0.237. The van der Waals surface area contributed by atoms with Gasteiger partial charge < -0.3 is 15.0 Å². The Morgan fingerprint density at radius 1 is 1.23 bits per heavy atom. The summed E-state index contributed by atoms with van der Waals surface area (Å²) < 4.78 is 32.7. The Morgan fingerprint density at radius 2 is 1.92 bits per heavy atom. The molecule has 0 radical (unpaired) electrons. The van der Waals surface area contributed by atoms with Gasteiger partial charge in [0.2, 0.25) is 10.0 Å². The maximum absolute atomic E-state index is 12.8. The number of ether oxygens (including phenoxy) is 1. The van der Waals surface area contributed by atoms with Gasteiger partial charge in [-0.1, -0.05) is 19.1 Å². The van der Waals surface area contributed by atoms with Crippen molar-refractivity contribution in [2.24, 2.45) is 0 Å². The highest BCUT2D eigenvalue weighted by atomic mass is 32.2. The van der Waals surface area contributed by atoms with Gasteiger partial charge in [0.15, 0.2) is 5.11 Å². The van der Waals surface area contributed by atoms with Gasteiger partial charge in [-0.2, -0.15) is 4.31 Å². The number of thiocarbonyl (C=S) groups is 1. The molecule has 2 aliphatic rings. The number of nitrogens with one attached hydrogen (secondary N) is 1. The van der Waals surface area contributed by atoms with Gasteiger partial charge in [0.25, 0.3) is 0 Å². The quantitative estimate of drug-likeness (QED) is 0.762. The Labute approximate surface area is 161 Å². The summed E-state index contributed by atoms with van der Waals surface area (Å²) in [5.41, 5.74) is 1.14. The molecule has 2 saturated heterocycles. The molecule has 1 aromatic carbocycles. The Bertz CT molecular complexity index is 708. The summed E-state index contributed by atoms with van der Waals surface area (Å²) >= 11 is 5.45. The molecule has 3 rings (SSSR count). The van der Waals surface area contributed by atoms with Gasteiger partial charge in [-0.15, -0.1) is 0 Å². The van der Waals surface area contributed by atoms with Crippen molar-refractivity contribution in [3.8, 4) is 0 Å². The Kier molecular flexibility index (Phi) is 6.50. The van der Waals surface area contributed by atoms with Crippen molar-refractivity contribution < 1.29 is 13.2 Å². The Morgan fingerprint density at radius 3 is 2.50 bits per heavy atom. The molecule has 0 unspecified atom stereocenters. The fraction of sp³-hybridized carbons (Fsp3) is 0.611. The topological polar surface area (TPSA) is 61.9 Å². The monoisotopic (exact) mass is 397 g/mol. The van der Waals surface area contributed by atoms with Crippen LogP contribution in [0, 0.1) is 0 Å². The number of nitrogens with zero attached hydrogens (tertiary/aromatic N) is 2. The number of hydrogen-bond donors (Lipinski definition) is 1. The smallest absolute Gasteiger partial charge is 0.243 e. The second kappa shape index (κ2) is 8.65. The molecule has 1 N–H and O–H groups in total. The second-order valence-corrected chi connectivity index (χ2v) is 9.03. The van der Waals surface area contributed by atoms with E-state index < -0.39 is 10.0 Å². The first-order valence-corrected chi connectivity index (χ1v) is 11.1. The van der Waals surface area contributed by atoms with Crippen molar-refractivity contribution in [2.75, 3.05) is 39.3 Å². The van der Waals surface area contributed by atoms with E-state index in [1.54, 1.807) is 16.4 Å². The predicted octanol–water partition coefficient (Wildman–Crippen LogP) is 1.61. The fourth-order valence-electron chi connectivity index (χ4n) is 3.30. The van der Waals surface area contributed by atoms with Crippen molar-refractivity contribution in [2.45, 2.75) is 37.2 Å². The molecule has 26 heavy (non-hydrogen) atoms. The summed E-state index contributed by atoms with van der Waals surface area (Å²) in [5, 5.41) is 3.94. The van der Waals surface area contributed by atoms with Gasteiger partial charge in [0.05, 0.1) is 11.0 Å². The minimum Gasteiger partial charge on any atom is -0.376 e. The second-order valence-electron chi connectivity index (χ2n) is 6.71. The zero-order valence-electron chi connectivity index (χ0n) is 15.2. The highest BCUT2D eigenvalue weighted by molar-refractivity contribution is 7.89. The third-order valence-corrected chi connectivity index (χ3v) is 7.32. The standard InChI is InChI=1S/C18H27N3O3S2/c1-2-15-5-7-17(8-6-15)26(22,23)21-11-9-20(10-12-21)18(25)19-14-16-4-3-13-24-16/h5-8,16H,2-4,9-14H2,1H3,(H,19,25)/t16-/m1/s1. The zero-order valence-corrected chi connectivity index (χ0v) is 16.8. The van der Waals surface area contributed by atoms with Crippen molar-refractivity contribution in [3.05, 3.63) is 29.8 Å². The van der Waals surface area contributed by atoms with Gasteiger partial charge in [-0.05, 0) is 49.2 Å². The van der Waals surface area contributed by atoms with Crippen LogP contribution < -0.4 is 5.32 Å². The molecule has 0 spiro atoms. The van der Waals surface area contributed by atoms with Crippen molar-refractivity contribution in [3.63, 3.8) is 0 Å². The number of benzene rings is 1. The first kappa shape index (κ1) is 19.5. The molecule has 0 bridgehead atoms. The van der Waals surface area contributed by atoms with Crippen LogP contribution in [0.1, 0.15) is 25.3 Å². The molecule has 1 aromatic rings. The lowest BCUT2D eigenvalue weighted by atomic mass is 10.2. The summed E-state index contributed by atoms with van der Waals surface area (Å²) in [4.78, 5) is 2.40. The third kappa shape index (κ3) is 4.54. The number of aryl methyl sites for hydroxylation is 1. The van der Waals surface area contributed by atoms with Crippen LogP contribution in [0.25, 0.3) is 0 Å². The lowest BCUT2D eigenvalue weighted by Gasteiger charge is -2.35. The van der Waals surface area contributed by atoms with Gasteiger partial charge in [0, 0.05) is 39.3 Å². The molecule has 6 nitrogen and oxygen atoms in total. The highest BCUT2D eigenvalue weighted by Crippen LogP contribution is 2.19. The molecule has 2 heterocycles. The van der Waals surface area contributed by atoms with E-state index in [0.29, 0.717) is 36.2 Å². The van der Waals surface area contributed by atoms with E-state index in [1.165, 1.54) is 0 Å². The number of rotatable bonds is 5. The number of hydrogen-bond acceptors (Lipinski definition) is 4. The molecule has 2 fully saturated rings. The molecular formula is C18H27N3O3S2. The van der Waals surface area contributed by atoms with Crippen LogP contribution in [0.15, 0.2) is 29.2 Å². The summed E-state index contributed by atoms with van der Waals surface area (Å²) in [5.74, 6) is 0. The fourth-order valence-corrected chi connectivity index (χ4v) is 4.98. The summed E-state index contributed by atoms with van der Waals surface area (Å²) in [6.07, 6.45) is 3.31. The van der Waals surface area contributed by atoms with Gasteiger partial charge in [0.1, 0.15) is 0 Å². The molecule has 0 amide bonds. The summed E-state index contributed by atoms with van der Waals surface area (Å²) in [7, 11) is -3.44. The lowest BCUT2D eigenvalue weighted by molar-refractivity contribution is 0.113. The maximum atomic E-state index is 12.8. The Balaban J connectivity index is 1.52. The van der Waals surface area contributed by atoms with E-state index in [9.17, 15) is 8.42 Å². The first-order valence-electron chi connectivity index (χ1n) is 9.24. The zero-order chi connectivity index (χ0) is 18.6. The normalized spacial score (nSPS) is 21.7. The van der Waals surface area contributed by atoms with E-state index in [0.717, 1.165) is 38.0 Å². The van der Waals surface area contributed by atoms with Crippen LogP contribution in [-0.4, -0.2) is 68.2 Å². The molecule has 2 aliphatic heterocycles. The molecule has 8 heteroatoms. The van der Waals surface area contributed by atoms with Crippen LogP contribution >= 0.6 is 12.2 Å². The molecule has 0 aliphatic carbocycles. The van der Waals surface area contributed by atoms with Crippen molar-refractivity contribution in [1.82, 2.24) is 14.5 Å². The highest BCUT2D eigenvalue weighted by Gasteiger charge is 2.29. The van der Waals surface area contributed by atoms with Crippen LogP contribution in [0.3, 0.4) is 0 Å². The minimum atomic E-state index is -3.44. The number of piperazine rings is 1. The maximum Gasteiger partial charge on any atom is 0.243 e. The van der Waals surface area contributed by atoms with Gasteiger partial charge >= 0.3 is 0 Å². The lowest BCUT2D eigenvalue weighted by Crippen LogP contribution is -2.53. The average molecular weight is 398 g/mol. The third-order valence-electron chi connectivity index (χ3n) is 5.00. The molecule has 1 atom stereocenters. The molecule has 0 aromatic heterocycles. The molecule has 0 saturated carbocycles. The predicted molar refractivity (Wildman–Crippen MR) is 106 cm³/mol. The number of sulfonamides is 1. The van der Waals surface area contributed by atoms with Crippen molar-refractivity contribution in [1.29, 1.82) is 0 Å². The Hall–Kier alpha value is -1.22. The van der Waals surface area contributed by atoms with E-state index in [1.807, 2.05) is 17.0 Å². The summed E-state index contributed by atoms with van der Waals surface area (Å²) in [6.45, 7) is 5.70. The van der Waals surface area contributed by atoms with Crippen LogP contribution in [-0.2, 0) is 21.2 Å². The van der Waals surface area contributed by atoms with E-state index in [-0.39, 0.29) is 6.10 Å².